The van der Waals surface area contributed by atoms with Gasteiger partial charge in [-0.05, 0) is 47.5 Å². The van der Waals surface area contributed by atoms with Gasteiger partial charge in [-0.2, -0.15) is 0 Å². The Balaban J connectivity index is 2.48. The van der Waals surface area contributed by atoms with Crippen molar-refractivity contribution < 1.29 is 40.1 Å². The Morgan fingerprint density at radius 1 is 0.793 bits per heavy atom. The minimum absolute atomic E-state index is 0.0938. The molecule has 2 aromatic rings. The first-order valence-electron chi connectivity index (χ1n) is 8.59. The lowest BCUT2D eigenvalue weighted by Gasteiger charge is -2.28. The lowest BCUT2D eigenvalue weighted by molar-refractivity contribution is 0.0487. The standard InChI is InChI=1S/C21H24O8/c1-28-17-7-13(3-5-15(17)24)9-19(26)21(11-22,12-23)20(27)10-14-4-6-16(25)18(8-14)29-2/h3-10,22-27H,11-12H2,1-2H3. The maximum atomic E-state index is 10.6. The van der Waals surface area contributed by atoms with Crippen LogP contribution in [0.2, 0.25) is 0 Å². The Morgan fingerprint density at radius 3 is 1.48 bits per heavy atom. The molecule has 0 unspecified atom stereocenters. The van der Waals surface area contributed by atoms with E-state index >= 15 is 0 Å². The van der Waals surface area contributed by atoms with E-state index in [0.29, 0.717) is 11.1 Å². The molecule has 2 aromatic carbocycles. The van der Waals surface area contributed by atoms with Crippen LogP contribution >= 0.6 is 0 Å². The summed E-state index contributed by atoms with van der Waals surface area (Å²) in [7, 11) is 2.74. The molecule has 0 aromatic heterocycles. The van der Waals surface area contributed by atoms with Crippen LogP contribution in [0.5, 0.6) is 23.0 Å². The molecule has 8 heteroatoms. The molecular formula is C21H24O8. The van der Waals surface area contributed by atoms with E-state index in [1.807, 2.05) is 0 Å². The monoisotopic (exact) mass is 404 g/mol. The quantitative estimate of drug-likeness (QED) is 0.369. The van der Waals surface area contributed by atoms with Crippen LogP contribution in [-0.4, -0.2) is 58.1 Å². The second-order valence-corrected chi connectivity index (χ2v) is 6.32. The number of ether oxygens (including phenoxy) is 2. The molecule has 0 spiro atoms. The third-order valence-corrected chi connectivity index (χ3v) is 4.53. The average Bonchev–Trinajstić information content (AvgIpc) is 2.72. The van der Waals surface area contributed by atoms with E-state index in [1.54, 1.807) is 0 Å². The number of methoxy groups -OCH3 is 2. The molecule has 0 saturated carbocycles. The molecule has 0 radical (unpaired) electrons. The summed E-state index contributed by atoms with van der Waals surface area (Å²) >= 11 is 0. The van der Waals surface area contributed by atoms with Gasteiger partial charge in [-0.1, -0.05) is 12.1 Å². The van der Waals surface area contributed by atoms with Crippen LogP contribution in [0.3, 0.4) is 0 Å². The summed E-state index contributed by atoms with van der Waals surface area (Å²) in [6, 6.07) is 8.57. The van der Waals surface area contributed by atoms with Crippen LogP contribution < -0.4 is 9.47 Å². The Hall–Kier alpha value is -3.36. The van der Waals surface area contributed by atoms with Gasteiger partial charge in [0, 0.05) is 0 Å². The maximum Gasteiger partial charge on any atom is 0.161 e. The van der Waals surface area contributed by atoms with Gasteiger partial charge in [0.25, 0.3) is 0 Å². The first-order chi connectivity index (χ1) is 13.8. The van der Waals surface area contributed by atoms with Crippen molar-refractivity contribution in [3.8, 4) is 23.0 Å². The van der Waals surface area contributed by atoms with Crippen LogP contribution in [0.15, 0.2) is 47.9 Å². The Kier molecular flexibility index (Phi) is 6.98. The molecule has 2 rings (SSSR count). The van der Waals surface area contributed by atoms with Gasteiger partial charge in [-0.3, -0.25) is 0 Å². The van der Waals surface area contributed by atoms with E-state index in [1.165, 1.54) is 62.8 Å². The van der Waals surface area contributed by atoms with Crippen LogP contribution in [0, 0.1) is 5.41 Å². The molecule has 0 aliphatic carbocycles. The average molecular weight is 404 g/mol. The fourth-order valence-electron chi connectivity index (χ4n) is 2.67. The number of hydrogen-bond donors (Lipinski definition) is 6. The summed E-state index contributed by atoms with van der Waals surface area (Å²) in [5, 5.41) is 60.3. The largest absolute Gasteiger partial charge is 0.511 e. The number of aliphatic hydroxyl groups excluding tert-OH is 4. The highest BCUT2D eigenvalue weighted by atomic mass is 16.5. The molecule has 0 bridgehead atoms. The van der Waals surface area contributed by atoms with Crippen LogP contribution in [0.1, 0.15) is 11.1 Å². The summed E-state index contributed by atoms with van der Waals surface area (Å²) in [5.41, 5.74) is -1.07. The van der Waals surface area contributed by atoms with Crippen LogP contribution in [0.25, 0.3) is 12.2 Å². The maximum absolute atomic E-state index is 10.6. The number of hydrogen-bond acceptors (Lipinski definition) is 8. The summed E-state index contributed by atoms with van der Waals surface area (Å²) in [6.07, 6.45) is 2.46. The highest BCUT2D eigenvalue weighted by molar-refractivity contribution is 5.62. The van der Waals surface area contributed by atoms with Gasteiger partial charge >= 0.3 is 0 Å². The van der Waals surface area contributed by atoms with Crippen molar-refractivity contribution >= 4 is 12.2 Å². The highest BCUT2D eigenvalue weighted by Gasteiger charge is 2.38. The molecule has 0 aliphatic heterocycles. The first kappa shape index (κ1) is 21.9. The second kappa shape index (κ2) is 9.22. The number of phenols is 2. The lowest BCUT2D eigenvalue weighted by atomic mass is 9.83. The Labute approximate surface area is 167 Å². The molecular weight excluding hydrogens is 380 g/mol. The van der Waals surface area contributed by atoms with E-state index in [2.05, 4.69) is 0 Å². The van der Waals surface area contributed by atoms with E-state index in [4.69, 9.17) is 9.47 Å². The molecule has 29 heavy (non-hydrogen) atoms. The summed E-state index contributed by atoms with van der Waals surface area (Å²) in [6.45, 7) is -1.59. The van der Waals surface area contributed by atoms with Gasteiger partial charge < -0.3 is 40.1 Å². The van der Waals surface area contributed by atoms with Gasteiger partial charge in [0.1, 0.15) is 16.9 Å². The Morgan fingerprint density at radius 2 is 1.17 bits per heavy atom. The second-order valence-electron chi connectivity index (χ2n) is 6.32. The van der Waals surface area contributed by atoms with Crippen molar-refractivity contribution in [3.63, 3.8) is 0 Å². The lowest BCUT2D eigenvalue weighted by Crippen LogP contribution is -2.34. The predicted octanol–water partition coefficient (Wildman–Crippen LogP) is 2.58. The molecule has 0 aliphatic rings. The molecule has 0 amide bonds. The van der Waals surface area contributed by atoms with Crippen LogP contribution in [-0.2, 0) is 0 Å². The topological polar surface area (TPSA) is 140 Å². The minimum atomic E-state index is -1.88. The molecule has 0 saturated heterocycles. The van der Waals surface area contributed by atoms with Gasteiger partial charge in [0.2, 0.25) is 0 Å². The summed E-state index contributed by atoms with van der Waals surface area (Å²) in [5.74, 6) is -0.862. The number of aromatic hydroxyl groups is 2. The predicted molar refractivity (Wildman–Crippen MR) is 107 cm³/mol. The molecule has 8 nitrogen and oxygen atoms in total. The fourth-order valence-corrected chi connectivity index (χ4v) is 2.67. The number of rotatable bonds is 8. The van der Waals surface area contributed by atoms with Crippen molar-refractivity contribution in [1.82, 2.24) is 0 Å². The number of phenolic OH excluding ortho intramolecular Hbond substituents is 2. The fraction of sp³-hybridized carbons (Fsp3) is 0.238. The zero-order valence-electron chi connectivity index (χ0n) is 16.0. The number of aliphatic hydroxyl groups is 4. The Bertz CT molecular complexity index is 841. The molecule has 156 valence electrons. The third-order valence-electron chi connectivity index (χ3n) is 4.53. The van der Waals surface area contributed by atoms with Crippen LogP contribution in [0.4, 0.5) is 0 Å². The van der Waals surface area contributed by atoms with Crippen molar-refractivity contribution in [2.75, 3.05) is 27.4 Å². The van der Waals surface area contributed by atoms with Gasteiger partial charge in [-0.25, -0.2) is 0 Å². The van der Waals surface area contributed by atoms with E-state index < -0.39 is 30.1 Å². The van der Waals surface area contributed by atoms with Crippen molar-refractivity contribution in [2.45, 2.75) is 0 Å². The van der Waals surface area contributed by atoms with Gasteiger partial charge in [0.15, 0.2) is 23.0 Å². The molecule has 6 N–H and O–H groups in total. The minimum Gasteiger partial charge on any atom is -0.511 e. The van der Waals surface area contributed by atoms with Crippen molar-refractivity contribution in [1.29, 1.82) is 0 Å². The van der Waals surface area contributed by atoms with Crippen molar-refractivity contribution in [2.24, 2.45) is 5.41 Å². The first-order valence-corrected chi connectivity index (χ1v) is 8.59. The van der Waals surface area contributed by atoms with Gasteiger partial charge in [-0.15, -0.1) is 0 Å². The summed E-state index contributed by atoms with van der Waals surface area (Å²) < 4.78 is 10.0. The SMILES string of the molecule is COc1cc(C=C(O)C(CO)(CO)C(O)=Cc2ccc(O)c(OC)c2)ccc1O. The zero-order chi connectivity index (χ0) is 21.6. The zero-order valence-corrected chi connectivity index (χ0v) is 16.0. The normalized spacial score (nSPS) is 12.7. The molecule has 0 fully saturated rings. The summed E-state index contributed by atoms with van der Waals surface area (Å²) in [4.78, 5) is 0. The highest BCUT2D eigenvalue weighted by Crippen LogP contribution is 2.36. The van der Waals surface area contributed by atoms with E-state index in [0.717, 1.165) is 0 Å². The molecule has 0 atom stereocenters. The van der Waals surface area contributed by atoms with E-state index in [-0.39, 0.29) is 23.0 Å². The van der Waals surface area contributed by atoms with Gasteiger partial charge in [0.05, 0.1) is 27.4 Å². The van der Waals surface area contributed by atoms with E-state index in [9.17, 15) is 30.6 Å². The molecule has 0 heterocycles. The third kappa shape index (κ3) is 4.56. The van der Waals surface area contributed by atoms with Crippen molar-refractivity contribution in [3.05, 3.63) is 59.0 Å². The smallest absolute Gasteiger partial charge is 0.161 e. The number of benzene rings is 2.